The van der Waals surface area contributed by atoms with Gasteiger partial charge in [-0.1, -0.05) is 29.8 Å². The molecule has 0 aliphatic carbocycles. The summed E-state index contributed by atoms with van der Waals surface area (Å²) in [6.07, 6.45) is 6.88. The third kappa shape index (κ3) is 3.91. The molecule has 0 atom stereocenters. The molecule has 0 radical (unpaired) electrons. The average molecular weight is 448 g/mol. The number of pyridine rings is 1. The van der Waals surface area contributed by atoms with Crippen molar-refractivity contribution in [2.45, 2.75) is 18.9 Å². The van der Waals surface area contributed by atoms with E-state index in [0.717, 1.165) is 47.8 Å². The van der Waals surface area contributed by atoms with Crippen LogP contribution in [0.15, 0.2) is 61.3 Å². The second kappa shape index (κ2) is 8.59. The van der Waals surface area contributed by atoms with Gasteiger partial charge in [0.25, 0.3) is 5.91 Å². The summed E-state index contributed by atoms with van der Waals surface area (Å²) in [6, 6.07) is 14.1. The van der Waals surface area contributed by atoms with Crippen LogP contribution in [-0.2, 0) is 0 Å². The highest BCUT2D eigenvalue weighted by Crippen LogP contribution is 2.32. The lowest BCUT2D eigenvalue weighted by Crippen LogP contribution is -2.38. The van der Waals surface area contributed by atoms with Gasteiger partial charge in [-0.3, -0.25) is 4.79 Å². The van der Waals surface area contributed by atoms with Gasteiger partial charge >= 0.3 is 0 Å². The molecule has 1 aliphatic rings. The molecule has 0 unspecified atom stereocenters. The molecule has 0 N–H and O–H groups in total. The van der Waals surface area contributed by atoms with Gasteiger partial charge < -0.3 is 14.2 Å². The Hall–Kier alpha value is -3.45. The summed E-state index contributed by atoms with van der Waals surface area (Å²) in [7, 11) is 1.58. The Bertz CT molecular complexity index is 1270. The van der Waals surface area contributed by atoms with Crippen molar-refractivity contribution < 1.29 is 9.53 Å². The van der Waals surface area contributed by atoms with Crippen LogP contribution in [0.1, 0.15) is 29.2 Å². The molecular formula is C24H22ClN5O2. The van der Waals surface area contributed by atoms with E-state index in [1.807, 2.05) is 45.9 Å². The predicted octanol–water partition coefficient (Wildman–Crippen LogP) is 4.63. The first-order chi connectivity index (χ1) is 15.6. The van der Waals surface area contributed by atoms with Crippen LogP contribution < -0.4 is 4.74 Å². The largest absolute Gasteiger partial charge is 0.481 e. The van der Waals surface area contributed by atoms with Crippen LogP contribution >= 0.6 is 11.6 Å². The summed E-state index contributed by atoms with van der Waals surface area (Å²) in [5.41, 5.74) is 2.53. The molecule has 1 fully saturated rings. The predicted molar refractivity (Wildman–Crippen MR) is 123 cm³/mol. The SMILES string of the molecule is COc1cc(-c2ccc3cc(C(=O)N4CCC(n5cnnc5)CC4)ccc3c2)c(Cl)cn1. The van der Waals surface area contributed by atoms with E-state index >= 15 is 0 Å². The standard InChI is InChI=1S/C24H22ClN5O2/c1-32-23-12-21(22(25)13-26-23)18-4-2-17-11-19(5-3-16(17)10-18)24(31)29-8-6-20(7-9-29)30-14-27-28-15-30/h2-5,10-15,20H,6-9H2,1H3. The highest BCUT2D eigenvalue weighted by Gasteiger charge is 2.24. The molecular weight excluding hydrogens is 426 g/mol. The third-order valence-electron chi connectivity index (χ3n) is 6.05. The van der Waals surface area contributed by atoms with E-state index in [4.69, 9.17) is 16.3 Å². The van der Waals surface area contributed by atoms with Gasteiger partial charge in [0.05, 0.1) is 18.3 Å². The summed E-state index contributed by atoms with van der Waals surface area (Å²) >= 11 is 6.36. The molecule has 2 aromatic heterocycles. The zero-order chi connectivity index (χ0) is 22.1. The van der Waals surface area contributed by atoms with Crippen molar-refractivity contribution in [1.29, 1.82) is 0 Å². The number of methoxy groups -OCH3 is 1. The van der Waals surface area contributed by atoms with Crippen LogP contribution in [-0.4, -0.2) is 50.8 Å². The summed E-state index contributed by atoms with van der Waals surface area (Å²) in [5.74, 6) is 0.582. The second-order valence-corrected chi connectivity index (χ2v) is 8.32. The van der Waals surface area contributed by atoms with Crippen molar-refractivity contribution in [3.05, 3.63) is 71.9 Å². The van der Waals surface area contributed by atoms with E-state index in [9.17, 15) is 4.79 Å². The quantitative estimate of drug-likeness (QED) is 0.456. The van der Waals surface area contributed by atoms with Crippen molar-refractivity contribution in [1.82, 2.24) is 24.6 Å². The fourth-order valence-electron chi connectivity index (χ4n) is 4.25. The van der Waals surface area contributed by atoms with Crippen molar-refractivity contribution in [3.63, 3.8) is 0 Å². The number of carbonyl (C=O) groups excluding carboxylic acids is 1. The summed E-state index contributed by atoms with van der Waals surface area (Å²) in [5, 5.41) is 10.4. The van der Waals surface area contributed by atoms with Crippen LogP contribution in [0.3, 0.4) is 0 Å². The van der Waals surface area contributed by atoms with Crippen LogP contribution in [0, 0.1) is 0 Å². The maximum absolute atomic E-state index is 13.1. The molecule has 1 saturated heterocycles. The van der Waals surface area contributed by atoms with E-state index in [1.54, 1.807) is 26.0 Å². The zero-order valence-corrected chi connectivity index (χ0v) is 18.4. The first-order valence-electron chi connectivity index (χ1n) is 10.5. The number of ether oxygens (including phenoxy) is 1. The number of piperidine rings is 1. The molecule has 1 amide bonds. The van der Waals surface area contributed by atoms with Gasteiger partial charge in [-0.15, -0.1) is 10.2 Å². The number of nitrogens with zero attached hydrogens (tertiary/aromatic N) is 5. The Balaban J connectivity index is 1.35. The second-order valence-electron chi connectivity index (χ2n) is 7.92. The van der Waals surface area contributed by atoms with E-state index in [1.165, 1.54) is 0 Å². The van der Waals surface area contributed by atoms with Crippen molar-refractivity contribution >= 4 is 28.3 Å². The lowest BCUT2D eigenvalue weighted by atomic mass is 9.99. The molecule has 7 nitrogen and oxygen atoms in total. The first-order valence-corrected chi connectivity index (χ1v) is 10.9. The lowest BCUT2D eigenvalue weighted by Gasteiger charge is -2.32. The molecule has 2 aromatic carbocycles. The fraction of sp³-hybridized carbons (Fsp3) is 0.250. The van der Waals surface area contributed by atoms with E-state index < -0.39 is 0 Å². The fourth-order valence-corrected chi connectivity index (χ4v) is 4.46. The molecule has 32 heavy (non-hydrogen) atoms. The van der Waals surface area contributed by atoms with Crippen molar-refractivity contribution in [2.24, 2.45) is 0 Å². The maximum atomic E-state index is 13.1. The highest BCUT2D eigenvalue weighted by molar-refractivity contribution is 6.33. The molecule has 0 saturated carbocycles. The number of fused-ring (bicyclic) bond motifs is 1. The highest BCUT2D eigenvalue weighted by atomic mass is 35.5. The van der Waals surface area contributed by atoms with Gasteiger partial charge in [-0.2, -0.15) is 0 Å². The molecule has 162 valence electrons. The minimum Gasteiger partial charge on any atom is -0.481 e. The lowest BCUT2D eigenvalue weighted by molar-refractivity contribution is 0.0694. The summed E-state index contributed by atoms with van der Waals surface area (Å²) in [4.78, 5) is 19.2. The topological polar surface area (TPSA) is 73.1 Å². The van der Waals surface area contributed by atoms with Gasteiger partial charge in [0.15, 0.2) is 0 Å². The van der Waals surface area contributed by atoms with Crippen LogP contribution in [0.2, 0.25) is 5.02 Å². The first kappa shape index (κ1) is 20.5. The van der Waals surface area contributed by atoms with Crippen molar-refractivity contribution in [3.8, 4) is 17.0 Å². The Kier molecular flexibility index (Phi) is 5.49. The van der Waals surface area contributed by atoms with E-state index in [0.29, 0.717) is 22.5 Å². The van der Waals surface area contributed by atoms with Crippen LogP contribution in [0.5, 0.6) is 5.88 Å². The molecule has 5 rings (SSSR count). The normalized spacial score (nSPS) is 14.6. The van der Waals surface area contributed by atoms with E-state index in [-0.39, 0.29) is 5.91 Å². The van der Waals surface area contributed by atoms with Gasteiger partial charge in [0.1, 0.15) is 12.7 Å². The Morgan fingerprint density at radius 2 is 1.75 bits per heavy atom. The summed E-state index contributed by atoms with van der Waals surface area (Å²) < 4.78 is 7.25. The summed E-state index contributed by atoms with van der Waals surface area (Å²) in [6.45, 7) is 1.45. The monoisotopic (exact) mass is 447 g/mol. The average Bonchev–Trinajstić information content (AvgIpc) is 3.38. The zero-order valence-electron chi connectivity index (χ0n) is 17.6. The Morgan fingerprint density at radius 1 is 1.03 bits per heavy atom. The minimum atomic E-state index is 0.0695. The van der Waals surface area contributed by atoms with E-state index in [2.05, 4.69) is 21.2 Å². The van der Waals surface area contributed by atoms with Gasteiger partial charge in [-0.05, 0) is 47.4 Å². The Morgan fingerprint density at radius 3 is 2.50 bits per heavy atom. The smallest absolute Gasteiger partial charge is 0.253 e. The molecule has 4 aromatic rings. The third-order valence-corrected chi connectivity index (χ3v) is 6.35. The maximum Gasteiger partial charge on any atom is 0.253 e. The van der Waals surface area contributed by atoms with Crippen molar-refractivity contribution in [2.75, 3.05) is 20.2 Å². The van der Waals surface area contributed by atoms with Gasteiger partial charge in [0.2, 0.25) is 5.88 Å². The Labute approximate surface area is 190 Å². The number of halogens is 1. The molecule has 3 heterocycles. The van der Waals surface area contributed by atoms with Crippen LogP contribution in [0.25, 0.3) is 21.9 Å². The number of carbonyl (C=O) groups is 1. The molecule has 0 bridgehead atoms. The number of aromatic nitrogens is 4. The number of benzene rings is 2. The number of amides is 1. The number of hydrogen-bond donors (Lipinski definition) is 0. The molecule has 0 spiro atoms. The minimum absolute atomic E-state index is 0.0695. The number of hydrogen-bond acceptors (Lipinski definition) is 5. The van der Waals surface area contributed by atoms with Crippen LogP contribution in [0.4, 0.5) is 0 Å². The van der Waals surface area contributed by atoms with Gasteiger partial charge in [-0.25, -0.2) is 4.98 Å². The molecule has 8 heteroatoms. The molecule has 1 aliphatic heterocycles. The number of rotatable bonds is 4. The van der Waals surface area contributed by atoms with Gasteiger partial charge in [0, 0.05) is 36.3 Å². The number of likely N-dealkylation sites (tertiary alicyclic amines) is 1.